The number of ether oxygens (including phenoxy) is 1. The topological polar surface area (TPSA) is 124 Å². The van der Waals surface area contributed by atoms with Crippen LogP contribution in [0.3, 0.4) is 0 Å². The molecule has 0 aliphatic carbocycles. The molecule has 4 N–H and O–H groups in total. The molecule has 3 amide bonds. The summed E-state index contributed by atoms with van der Waals surface area (Å²) in [4.78, 5) is 24.3. The number of anilines is 1. The fourth-order valence-electron chi connectivity index (χ4n) is 2.40. The highest BCUT2D eigenvalue weighted by Gasteiger charge is 2.21. The van der Waals surface area contributed by atoms with Gasteiger partial charge >= 0.3 is 6.03 Å². The number of urea groups is 1. The van der Waals surface area contributed by atoms with Gasteiger partial charge in [-0.3, -0.25) is 10.1 Å². The zero-order valence-corrected chi connectivity index (χ0v) is 16.6. The van der Waals surface area contributed by atoms with Crippen LogP contribution < -0.4 is 21.2 Å². The first-order valence-electron chi connectivity index (χ1n) is 8.66. The number of imide groups is 1. The van der Waals surface area contributed by atoms with Crippen molar-refractivity contribution in [2.75, 3.05) is 18.3 Å². The quantitative estimate of drug-likeness (QED) is 0.420. The third-order valence-corrected chi connectivity index (χ3v) is 4.99. The van der Waals surface area contributed by atoms with Gasteiger partial charge in [-0.25, -0.2) is 9.47 Å². The van der Waals surface area contributed by atoms with Gasteiger partial charge in [-0.1, -0.05) is 30.0 Å². The summed E-state index contributed by atoms with van der Waals surface area (Å²) in [5.74, 6) is 6.77. The molecule has 1 aromatic heterocycles. The first-order valence-corrected chi connectivity index (χ1v) is 9.54. The third kappa shape index (κ3) is 5.05. The fourth-order valence-corrected chi connectivity index (χ4v) is 3.17. The van der Waals surface area contributed by atoms with Crippen molar-refractivity contribution in [2.45, 2.75) is 17.3 Å². The van der Waals surface area contributed by atoms with Crippen LogP contribution in [-0.2, 0) is 4.79 Å². The number of carbonyl (C=O) groups is 2. The highest BCUT2D eigenvalue weighted by molar-refractivity contribution is 8.00. The fraction of sp³-hybridized carbons (Fsp3) is 0.158. The number of nitrogens with one attached hydrogen (secondary N) is 2. The number of thioether (sulfide) groups is 1. The van der Waals surface area contributed by atoms with E-state index >= 15 is 0 Å². The van der Waals surface area contributed by atoms with Crippen LogP contribution in [0, 0.1) is 0 Å². The lowest BCUT2D eigenvalue weighted by molar-refractivity contribution is -0.119. The van der Waals surface area contributed by atoms with Crippen LogP contribution in [0.2, 0.25) is 0 Å². The van der Waals surface area contributed by atoms with Crippen LogP contribution in [0.25, 0.3) is 11.4 Å². The maximum atomic E-state index is 12.3. The molecule has 0 fully saturated rings. The summed E-state index contributed by atoms with van der Waals surface area (Å²) in [5.41, 5.74) is 1.34. The average Bonchev–Trinajstić information content (AvgIpc) is 3.08. The smallest absolute Gasteiger partial charge is 0.325 e. The molecule has 0 aliphatic rings. The molecule has 0 saturated heterocycles. The largest absolute Gasteiger partial charge is 0.497 e. The molecule has 1 heterocycles. The number of nitrogen functional groups attached to an aromatic ring is 1. The monoisotopic (exact) mass is 412 g/mol. The van der Waals surface area contributed by atoms with Gasteiger partial charge in [0.25, 0.3) is 0 Å². The van der Waals surface area contributed by atoms with Crippen LogP contribution in [0.15, 0.2) is 59.8 Å². The Morgan fingerprint density at radius 1 is 1.10 bits per heavy atom. The molecule has 2 aromatic carbocycles. The standard InChI is InChI=1S/C19H20N6O3S/c1-12(17(26)22-18(27)21-14-6-4-3-5-7-14)29-19-24-23-16(25(19)20)13-8-10-15(28-2)11-9-13/h3-12H,20H2,1-2H3,(H2,21,22,26,27). The van der Waals surface area contributed by atoms with Crippen molar-refractivity contribution in [1.82, 2.24) is 20.2 Å². The SMILES string of the molecule is COc1ccc(-c2nnc(SC(C)C(=O)NC(=O)Nc3ccccc3)n2N)cc1. The maximum absolute atomic E-state index is 12.3. The number of rotatable bonds is 6. The van der Waals surface area contributed by atoms with Gasteiger partial charge < -0.3 is 15.9 Å². The Hall–Kier alpha value is -3.53. The van der Waals surface area contributed by atoms with Crippen LogP contribution in [0.1, 0.15) is 6.92 Å². The number of carbonyl (C=O) groups excluding carboxylic acids is 2. The van der Waals surface area contributed by atoms with E-state index in [-0.39, 0.29) is 0 Å². The summed E-state index contributed by atoms with van der Waals surface area (Å²) < 4.78 is 6.44. The maximum Gasteiger partial charge on any atom is 0.325 e. The van der Waals surface area contributed by atoms with E-state index < -0.39 is 17.2 Å². The summed E-state index contributed by atoms with van der Waals surface area (Å²) in [6.45, 7) is 1.65. The Kier molecular flexibility index (Phi) is 6.35. The van der Waals surface area contributed by atoms with Gasteiger partial charge in [0.15, 0.2) is 5.82 Å². The molecule has 9 nitrogen and oxygen atoms in total. The van der Waals surface area contributed by atoms with Gasteiger partial charge in [-0.15, -0.1) is 10.2 Å². The second kappa shape index (κ2) is 9.11. The van der Waals surface area contributed by atoms with E-state index in [1.54, 1.807) is 50.4 Å². The van der Waals surface area contributed by atoms with Gasteiger partial charge in [-0.2, -0.15) is 0 Å². The molecular weight excluding hydrogens is 392 g/mol. The second-order valence-corrected chi connectivity index (χ2v) is 7.28. The average molecular weight is 412 g/mol. The normalized spacial score (nSPS) is 11.5. The molecule has 3 rings (SSSR count). The van der Waals surface area contributed by atoms with E-state index in [0.29, 0.717) is 22.4 Å². The predicted octanol–water partition coefficient (Wildman–Crippen LogP) is 2.50. The van der Waals surface area contributed by atoms with E-state index in [4.69, 9.17) is 10.6 Å². The molecular formula is C19H20N6O3S. The van der Waals surface area contributed by atoms with E-state index in [9.17, 15) is 9.59 Å². The number of nitrogens with zero attached hydrogens (tertiary/aromatic N) is 3. The van der Waals surface area contributed by atoms with Gasteiger partial charge in [-0.05, 0) is 43.3 Å². The lowest BCUT2D eigenvalue weighted by Gasteiger charge is -2.11. The van der Waals surface area contributed by atoms with Gasteiger partial charge in [0.1, 0.15) is 5.75 Å². The van der Waals surface area contributed by atoms with Crippen molar-refractivity contribution in [3.63, 3.8) is 0 Å². The Morgan fingerprint density at radius 3 is 2.45 bits per heavy atom. The number of hydrogen-bond acceptors (Lipinski definition) is 7. The molecule has 10 heteroatoms. The minimum Gasteiger partial charge on any atom is -0.497 e. The molecule has 0 saturated carbocycles. The molecule has 150 valence electrons. The number of nitrogens with two attached hydrogens (primary N) is 1. The third-order valence-electron chi connectivity index (χ3n) is 3.93. The summed E-state index contributed by atoms with van der Waals surface area (Å²) in [5, 5.41) is 12.7. The molecule has 0 aliphatic heterocycles. The number of aromatic nitrogens is 3. The van der Waals surface area contributed by atoms with Crippen molar-refractivity contribution in [3.8, 4) is 17.1 Å². The Labute approximate surface area is 171 Å². The highest BCUT2D eigenvalue weighted by atomic mass is 32.2. The summed E-state index contributed by atoms with van der Waals surface area (Å²) in [6.07, 6.45) is 0. The summed E-state index contributed by atoms with van der Waals surface area (Å²) in [6, 6.07) is 15.4. The number of methoxy groups -OCH3 is 1. The Morgan fingerprint density at radius 2 is 1.79 bits per heavy atom. The number of benzene rings is 2. The Balaban J connectivity index is 1.61. The predicted molar refractivity (Wildman–Crippen MR) is 111 cm³/mol. The molecule has 0 radical (unpaired) electrons. The van der Waals surface area contributed by atoms with Crippen molar-refractivity contribution in [3.05, 3.63) is 54.6 Å². The minimum atomic E-state index is -0.619. The van der Waals surface area contributed by atoms with E-state index in [1.807, 2.05) is 18.2 Å². The van der Waals surface area contributed by atoms with Crippen LogP contribution >= 0.6 is 11.8 Å². The first-order chi connectivity index (χ1) is 14.0. The number of amides is 3. The molecule has 1 unspecified atom stereocenters. The second-order valence-electron chi connectivity index (χ2n) is 5.97. The molecule has 29 heavy (non-hydrogen) atoms. The van der Waals surface area contributed by atoms with Gasteiger partial charge in [0.05, 0.1) is 12.4 Å². The van der Waals surface area contributed by atoms with E-state index in [1.165, 1.54) is 4.68 Å². The van der Waals surface area contributed by atoms with E-state index in [2.05, 4.69) is 20.8 Å². The number of para-hydroxylation sites is 1. The summed E-state index contributed by atoms with van der Waals surface area (Å²) in [7, 11) is 1.59. The lowest BCUT2D eigenvalue weighted by Crippen LogP contribution is -2.39. The minimum absolute atomic E-state index is 0.349. The van der Waals surface area contributed by atoms with Crippen LogP contribution in [0.5, 0.6) is 5.75 Å². The molecule has 3 aromatic rings. The van der Waals surface area contributed by atoms with Crippen molar-refractivity contribution in [2.24, 2.45) is 0 Å². The van der Waals surface area contributed by atoms with Crippen molar-refractivity contribution in [1.29, 1.82) is 0 Å². The molecule has 1 atom stereocenters. The van der Waals surface area contributed by atoms with Crippen LogP contribution in [-0.4, -0.2) is 39.2 Å². The lowest BCUT2D eigenvalue weighted by atomic mass is 10.2. The molecule has 0 bridgehead atoms. The zero-order chi connectivity index (χ0) is 20.8. The Bertz CT molecular complexity index is 991. The van der Waals surface area contributed by atoms with Gasteiger partial charge in [0.2, 0.25) is 11.1 Å². The number of hydrogen-bond donors (Lipinski definition) is 3. The van der Waals surface area contributed by atoms with Gasteiger partial charge in [0, 0.05) is 11.3 Å². The van der Waals surface area contributed by atoms with Crippen LogP contribution in [0.4, 0.5) is 10.5 Å². The van der Waals surface area contributed by atoms with E-state index in [0.717, 1.165) is 17.3 Å². The first kappa shape index (κ1) is 20.2. The molecule has 0 spiro atoms. The van der Waals surface area contributed by atoms with Crippen molar-refractivity contribution >= 4 is 29.4 Å². The van der Waals surface area contributed by atoms with Crippen molar-refractivity contribution < 1.29 is 14.3 Å². The summed E-state index contributed by atoms with van der Waals surface area (Å²) >= 11 is 1.10. The highest BCUT2D eigenvalue weighted by Crippen LogP contribution is 2.26. The zero-order valence-electron chi connectivity index (χ0n) is 15.8.